The van der Waals surface area contributed by atoms with Crippen molar-refractivity contribution in [3.8, 4) is 0 Å². The Morgan fingerprint density at radius 3 is 3.13 bits per heavy atom. The highest BCUT2D eigenvalue weighted by molar-refractivity contribution is 5.42. The Bertz CT molecular complexity index is 429. The van der Waals surface area contributed by atoms with Gasteiger partial charge < -0.3 is 8.98 Å². The van der Waals surface area contributed by atoms with Crippen molar-refractivity contribution in [2.75, 3.05) is 6.61 Å². The maximum Gasteiger partial charge on any atom is 0.126 e. The average molecular weight is 203 g/mol. The molecule has 0 bridgehead atoms. The van der Waals surface area contributed by atoms with Crippen LogP contribution in [0.2, 0.25) is 0 Å². The zero-order valence-electron chi connectivity index (χ0n) is 8.17. The largest absolute Gasteiger partial charge is 0.460 e. The molecule has 4 nitrogen and oxygen atoms in total. The van der Waals surface area contributed by atoms with Crippen LogP contribution in [-0.4, -0.2) is 16.2 Å². The van der Waals surface area contributed by atoms with E-state index in [1.54, 1.807) is 18.6 Å². The summed E-state index contributed by atoms with van der Waals surface area (Å²) in [4.78, 5) is 3.94. The molecular weight excluding hydrogens is 192 g/mol. The quantitative estimate of drug-likeness (QED) is 0.762. The number of hydrogen-bond acceptors (Lipinski definition) is 2. The molecule has 0 spiro atoms. The van der Waals surface area contributed by atoms with E-state index < -0.39 is 0 Å². The van der Waals surface area contributed by atoms with Crippen molar-refractivity contribution in [1.29, 1.82) is 0 Å². The first-order valence-electron chi connectivity index (χ1n) is 4.67. The summed E-state index contributed by atoms with van der Waals surface area (Å²) in [6.07, 6.45) is 8.54. The van der Waals surface area contributed by atoms with Gasteiger partial charge in [-0.3, -0.25) is 0 Å². The second-order valence-corrected chi connectivity index (χ2v) is 3.11. The van der Waals surface area contributed by atoms with Crippen molar-refractivity contribution in [2.24, 2.45) is 0 Å². The molecule has 0 amide bonds. The van der Waals surface area contributed by atoms with E-state index in [0.29, 0.717) is 12.3 Å². The molecule has 0 aliphatic heterocycles. The standard InChI is InChI=1S/C11H11N2O2/c14-7-1-2-10-3-4-11(15-10)8-13-6-5-12-9-13/h1-6,9H,7-8H2/b2-1+. The molecule has 77 valence electrons. The molecule has 0 aliphatic rings. The minimum absolute atomic E-state index is 0.225. The third kappa shape index (κ3) is 2.57. The summed E-state index contributed by atoms with van der Waals surface area (Å²) in [5.41, 5.74) is 0. The molecule has 2 aromatic heterocycles. The van der Waals surface area contributed by atoms with Crippen LogP contribution in [0, 0.1) is 0 Å². The van der Waals surface area contributed by atoms with Crippen molar-refractivity contribution >= 4 is 6.08 Å². The Morgan fingerprint density at radius 2 is 2.40 bits per heavy atom. The number of hydrogen-bond donors (Lipinski definition) is 0. The fourth-order valence-corrected chi connectivity index (χ4v) is 1.29. The van der Waals surface area contributed by atoms with Crippen molar-refractivity contribution in [1.82, 2.24) is 9.55 Å². The number of furan rings is 1. The van der Waals surface area contributed by atoms with Crippen LogP contribution < -0.4 is 0 Å². The summed E-state index contributed by atoms with van der Waals surface area (Å²) in [5, 5.41) is 10.2. The second kappa shape index (κ2) is 4.61. The minimum Gasteiger partial charge on any atom is -0.460 e. The molecule has 1 radical (unpaired) electrons. The summed E-state index contributed by atoms with van der Waals surface area (Å²) in [5.74, 6) is 1.56. The molecule has 0 aromatic carbocycles. The van der Waals surface area contributed by atoms with Gasteiger partial charge >= 0.3 is 0 Å². The lowest BCUT2D eigenvalue weighted by Crippen LogP contribution is -1.93. The summed E-state index contributed by atoms with van der Waals surface area (Å²) >= 11 is 0. The number of rotatable bonds is 4. The minimum atomic E-state index is -0.225. The van der Waals surface area contributed by atoms with E-state index in [1.807, 2.05) is 22.9 Å². The van der Waals surface area contributed by atoms with Crippen molar-refractivity contribution in [3.05, 3.63) is 48.5 Å². The molecule has 0 saturated heterocycles. The molecule has 0 saturated carbocycles. The van der Waals surface area contributed by atoms with Gasteiger partial charge in [-0.25, -0.2) is 10.1 Å². The third-order valence-electron chi connectivity index (χ3n) is 1.96. The van der Waals surface area contributed by atoms with E-state index in [-0.39, 0.29) is 6.61 Å². The first-order chi connectivity index (χ1) is 7.38. The summed E-state index contributed by atoms with van der Waals surface area (Å²) in [6.45, 7) is 0.433. The first kappa shape index (κ1) is 9.73. The Kier molecular flexibility index (Phi) is 2.99. The van der Waals surface area contributed by atoms with Crippen LogP contribution in [0.15, 0.2) is 41.3 Å². The van der Waals surface area contributed by atoms with Gasteiger partial charge in [-0.15, -0.1) is 0 Å². The topological polar surface area (TPSA) is 50.9 Å². The molecule has 2 aromatic rings. The number of imidazole rings is 1. The second-order valence-electron chi connectivity index (χ2n) is 3.11. The lowest BCUT2D eigenvalue weighted by atomic mass is 10.4. The molecule has 15 heavy (non-hydrogen) atoms. The highest BCUT2D eigenvalue weighted by Gasteiger charge is 1.99. The average Bonchev–Trinajstić information content (AvgIpc) is 2.87. The van der Waals surface area contributed by atoms with E-state index in [9.17, 15) is 5.11 Å². The highest BCUT2D eigenvalue weighted by Crippen LogP contribution is 2.10. The molecule has 2 rings (SSSR count). The van der Waals surface area contributed by atoms with Gasteiger partial charge in [0.1, 0.15) is 18.1 Å². The third-order valence-corrected chi connectivity index (χ3v) is 1.96. The Morgan fingerprint density at radius 1 is 1.47 bits per heavy atom. The normalized spacial score (nSPS) is 11.3. The fraction of sp³-hybridized carbons (Fsp3) is 0.182. The number of nitrogens with zero attached hydrogens (tertiary/aromatic N) is 2. The van der Waals surface area contributed by atoms with Crippen LogP contribution in [0.25, 0.3) is 6.08 Å². The van der Waals surface area contributed by atoms with Crippen LogP contribution in [0.5, 0.6) is 0 Å². The molecule has 0 fully saturated rings. The fourth-order valence-electron chi connectivity index (χ4n) is 1.29. The zero-order valence-corrected chi connectivity index (χ0v) is 8.17. The molecule has 2 heterocycles. The molecule has 4 heteroatoms. The predicted octanol–water partition coefficient (Wildman–Crippen LogP) is 1.97. The number of aromatic nitrogens is 2. The highest BCUT2D eigenvalue weighted by atomic mass is 16.3. The maximum atomic E-state index is 10.2. The molecule has 0 N–H and O–H groups in total. The molecule has 0 unspecified atom stereocenters. The van der Waals surface area contributed by atoms with Gasteiger partial charge in [0.15, 0.2) is 0 Å². The molecule has 0 atom stereocenters. The van der Waals surface area contributed by atoms with E-state index >= 15 is 0 Å². The summed E-state index contributed by atoms with van der Waals surface area (Å²) in [7, 11) is 0. The maximum absolute atomic E-state index is 10.2. The zero-order chi connectivity index (χ0) is 10.5. The Labute approximate surface area is 87.5 Å². The van der Waals surface area contributed by atoms with Gasteiger partial charge in [0.2, 0.25) is 0 Å². The predicted molar refractivity (Wildman–Crippen MR) is 54.6 cm³/mol. The van der Waals surface area contributed by atoms with E-state index in [1.165, 1.54) is 6.08 Å². The van der Waals surface area contributed by atoms with E-state index in [4.69, 9.17) is 4.42 Å². The van der Waals surface area contributed by atoms with Gasteiger partial charge in [0.05, 0.1) is 12.9 Å². The van der Waals surface area contributed by atoms with Gasteiger partial charge in [0.25, 0.3) is 0 Å². The van der Waals surface area contributed by atoms with Crippen LogP contribution in [-0.2, 0) is 11.7 Å². The van der Waals surface area contributed by atoms with Crippen LogP contribution in [0.1, 0.15) is 11.5 Å². The first-order valence-corrected chi connectivity index (χ1v) is 4.67. The molecule has 0 aliphatic carbocycles. The monoisotopic (exact) mass is 203 g/mol. The Balaban J connectivity index is 2.04. The van der Waals surface area contributed by atoms with Crippen LogP contribution in [0.3, 0.4) is 0 Å². The lowest BCUT2D eigenvalue weighted by Gasteiger charge is -1.96. The van der Waals surface area contributed by atoms with Gasteiger partial charge in [0, 0.05) is 12.4 Å². The SMILES string of the molecule is [O]C/C=C/c1ccc(Cn2ccnc2)o1. The van der Waals surface area contributed by atoms with Crippen LogP contribution in [0.4, 0.5) is 0 Å². The Hall–Kier alpha value is -1.81. The van der Waals surface area contributed by atoms with Crippen LogP contribution >= 0.6 is 0 Å². The van der Waals surface area contributed by atoms with Crippen molar-refractivity contribution < 1.29 is 9.52 Å². The van der Waals surface area contributed by atoms with E-state index in [0.717, 1.165) is 5.76 Å². The summed E-state index contributed by atoms with van der Waals surface area (Å²) in [6, 6.07) is 3.74. The van der Waals surface area contributed by atoms with Crippen molar-refractivity contribution in [3.63, 3.8) is 0 Å². The summed E-state index contributed by atoms with van der Waals surface area (Å²) < 4.78 is 7.40. The van der Waals surface area contributed by atoms with Crippen molar-refractivity contribution in [2.45, 2.75) is 6.54 Å². The van der Waals surface area contributed by atoms with Gasteiger partial charge in [-0.05, 0) is 18.2 Å². The van der Waals surface area contributed by atoms with Gasteiger partial charge in [-0.2, -0.15) is 0 Å². The lowest BCUT2D eigenvalue weighted by molar-refractivity contribution is 0.233. The van der Waals surface area contributed by atoms with Gasteiger partial charge in [-0.1, -0.05) is 6.08 Å². The van der Waals surface area contributed by atoms with E-state index in [2.05, 4.69) is 4.98 Å². The smallest absolute Gasteiger partial charge is 0.126 e. The molecular formula is C11H11N2O2.